The van der Waals surface area contributed by atoms with Gasteiger partial charge < -0.3 is 10.2 Å². The van der Waals surface area contributed by atoms with Gasteiger partial charge in [0.2, 0.25) is 5.91 Å². The fourth-order valence-corrected chi connectivity index (χ4v) is 2.40. The smallest absolute Gasteiger partial charge is 0.222 e. The summed E-state index contributed by atoms with van der Waals surface area (Å²) >= 11 is 0. The fraction of sp³-hybridized carbons (Fsp3) is 0.571. The molecule has 0 bridgehead atoms. The fourth-order valence-electron chi connectivity index (χ4n) is 2.40. The Morgan fingerprint density at radius 3 is 3.00 bits per heavy atom. The molecular weight excluding hydrogens is 226 g/mol. The van der Waals surface area contributed by atoms with Gasteiger partial charge in [-0.15, -0.1) is 0 Å². The van der Waals surface area contributed by atoms with E-state index in [4.69, 9.17) is 0 Å². The third-order valence-electron chi connectivity index (χ3n) is 3.56. The van der Waals surface area contributed by atoms with Crippen LogP contribution in [0.25, 0.3) is 0 Å². The Labute approximate surface area is 108 Å². The molecule has 1 aromatic rings. The van der Waals surface area contributed by atoms with Crippen molar-refractivity contribution in [2.75, 3.05) is 20.1 Å². The number of pyridine rings is 1. The van der Waals surface area contributed by atoms with Crippen LogP contribution in [0.15, 0.2) is 24.5 Å². The van der Waals surface area contributed by atoms with E-state index >= 15 is 0 Å². The van der Waals surface area contributed by atoms with Gasteiger partial charge in [0.05, 0.1) is 0 Å². The molecule has 1 amide bonds. The van der Waals surface area contributed by atoms with Crippen LogP contribution < -0.4 is 5.32 Å². The first-order valence-electron chi connectivity index (χ1n) is 6.63. The van der Waals surface area contributed by atoms with E-state index in [-0.39, 0.29) is 5.91 Å². The molecule has 2 heterocycles. The number of nitrogens with one attached hydrogen (secondary N) is 1. The Morgan fingerprint density at radius 2 is 2.28 bits per heavy atom. The van der Waals surface area contributed by atoms with Gasteiger partial charge in [0.15, 0.2) is 0 Å². The molecule has 1 aromatic heterocycles. The van der Waals surface area contributed by atoms with E-state index in [9.17, 15) is 4.79 Å². The number of nitrogens with zero attached hydrogens (tertiary/aromatic N) is 2. The van der Waals surface area contributed by atoms with Crippen molar-refractivity contribution < 1.29 is 4.79 Å². The molecule has 1 aliphatic rings. The van der Waals surface area contributed by atoms with E-state index < -0.39 is 0 Å². The number of hydrogen-bond donors (Lipinski definition) is 1. The number of likely N-dealkylation sites (tertiary alicyclic amines) is 1. The van der Waals surface area contributed by atoms with Gasteiger partial charge in [-0.3, -0.25) is 9.78 Å². The first kappa shape index (κ1) is 13.0. The third kappa shape index (κ3) is 3.53. The van der Waals surface area contributed by atoms with Crippen LogP contribution >= 0.6 is 0 Å². The number of amides is 1. The third-order valence-corrected chi connectivity index (χ3v) is 3.56. The normalized spacial score (nSPS) is 19.8. The van der Waals surface area contributed by atoms with Crippen LogP contribution in [-0.2, 0) is 11.2 Å². The van der Waals surface area contributed by atoms with E-state index in [2.05, 4.69) is 10.3 Å². The molecule has 0 saturated carbocycles. The highest BCUT2D eigenvalue weighted by atomic mass is 16.2. The van der Waals surface area contributed by atoms with Gasteiger partial charge in [-0.25, -0.2) is 0 Å². The molecule has 0 aromatic carbocycles. The summed E-state index contributed by atoms with van der Waals surface area (Å²) in [7, 11) is 1.97. The largest absolute Gasteiger partial charge is 0.341 e. The number of likely N-dealkylation sites (N-methyl/N-ethyl adjacent to an activating group) is 1. The SMILES string of the molecule is CNC1CCCN(C(=O)CCc2ccncc2)C1. The monoisotopic (exact) mass is 247 g/mol. The van der Waals surface area contributed by atoms with Gasteiger partial charge >= 0.3 is 0 Å². The lowest BCUT2D eigenvalue weighted by molar-refractivity contribution is -0.132. The Balaban J connectivity index is 1.81. The van der Waals surface area contributed by atoms with E-state index in [0.29, 0.717) is 12.5 Å². The number of aromatic nitrogens is 1. The van der Waals surface area contributed by atoms with Gasteiger partial charge in [0.25, 0.3) is 0 Å². The molecule has 1 fully saturated rings. The van der Waals surface area contributed by atoms with Crippen LogP contribution in [0.4, 0.5) is 0 Å². The first-order chi connectivity index (χ1) is 8.79. The zero-order chi connectivity index (χ0) is 12.8. The molecule has 1 N–H and O–H groups in total. The van der Waals surface area contributed by atoms with Crippen molar-refractivity contribution in [3.63, 3.8) is 0 Å². The lowest BCUT2D eigenvalue weighted by atomic mass is 10.0. The highest BCUT2D eigenvalue weighted by Crippen LogP contribution is 2.12. The minimum absolute atomic E-state index is 0.270. The van der Waals surface area contributed by atoms with E-state index in [1.807, 2.05) is 24.1 Å². The predicted octanol–water partition coefficient (Wildman–Crippen LogP) is 1.22. The summed E-state index contributed by atoms with van der Waals surface area (Å²) in [6.45, 7) is 1.76. The van der Waals surface area contributed by atoms with Gasteiger partial charge in [-0.2, -0.15) is 0 Å². The van der Waals surface area contributed by atoms with Crippen LogP contribution in [-0.4, -0.2) is 42.0 Å². The molecule has 0 spiro atoms. The first-order valence-corrected chi connectivity index (χ1v) is 6.63. The molecule has 1 saturated heterocycles. The molecule has 18 heavy (non-hydrogen) atoms. The summed E-state index contributed by atoms with van der Waals surface area (Å²) in [6.07, 6.45) is 7.23. The zero-order valence-electron chi connectivity index (χ0n) is 10.9. The van der Waals surface area contributed by atoms with Gasteiger partial charge in [-0.1, -0.05) is 0 Å². The summed E-state index contributed by atoms with van der Waals surface area (Å²) in [5.74, 6) is 0.270. The summed E-state index contributed by atoms with van der Waals surface area (Å²) < 4.78 is 0. The van der Waals surface area contributed by atoms with Crippen molar-refractivity contribution in [2.24, 2.45) is 0 Å². The molecule has 4 nitrogen and oxygen atoms in total. The van der Waals surface area contributed by atoms with Gasteiger partial charge in [-0.05, 0) is 44.0 Å². The quantitative estimate of drug-likeness (QED) is 0.870. The highest BCUT2D eigenvalue weighted by Gasteiger charge is 2.21. The van der Waals surface area contributed by atoms with Crippen molar-refractivity contribution in [3.8, 4) is 0 Å². The van der Waals surface area contributed by atoms with Gasteiger partial charge in [0, 0.05) is 37.9 Å². The second-order valence-corrected chi connectivity index (χ2v) is 4.82. The summed E-state index contributed by atoms with van der Waals surface area (Å²) in [6, 6.07) is 4.41. The van der Waals surface area contributed by atoms with Crippen LogP contribution in [0.1, 0.15) is 24.8 Å². The molecule has 4 heteroatoms. The maximum absolute atomic E-state index is 12.1. The average molecular weight is 247 g/mol. The lowest BCUT2D eigenvalue weighted by Crippen LogP contribution is -2.47. The standard InChI is InChI=1S/C14H21N3O/c1-15-13-3-2-10-17(11-13)14(18)5-4-12-6-8-16-9-7-12/h6-9,13,15H,2-5,10-11H2,1H3. The maximum Gasteiger partial charge on any atom is 0.222 e. The van der Waals surface area contributed by atoms with Gasteiger partial charge in [0.1, 0.15) is 0 Å². The topological polar surface area (TPSA) is 45.2 Å². The molecule has 2 rings (SSSR count). The molecule has 0 radical (unpaired) electrons. The van der Waals surface area contributed by atoms with E-state index in [0.717, 1.165) is 25.9 Å². The second kappa shape index (κ2) is 6.50. The molecule has 1 unspecified atom stereocenters. The van der Waals surface area contributed by atoms with Crippen molar-refractivity contribution in [1.82, 2.24) is 15.2 Å². The Bertz CT molecular complexity index is 380. The Hall–Kier alpha value is -1.42. The maximum atomic E-state index is 12.1. The number of aryl methyl sites for hydroxylation is 1. The van der Waals surface area contributed by atoms with Crippen molar-refractivity contribution >= 4 is 5.91 Å². The van der Waals surface area contributed by atoms with Crippen molar-refractivity contribution in [2.45, 2.75) is 31.7 Å². The highest BCUT2D eigenvalue weighted by molar-refractivity contribution is 5.76. The average Bonchev–Trinajstić information content (AvgIpc) is 2.46. The van der Waals surface area contributed by atoms with Crippen molar-refractivity contribution in [3.05, 3.63) is 30.1 Å². The number of carbonyl (C=O) groups excluding carboxylic acids is 1. The summed E-state index contributed by atoms with van der Waals surface area (Å²) in [5.41, 5.74) is 1.18. The molecule has 1 atom stereocenters. The Morgan fingerprint density at radius 1 is 1.50 bits per heavy atom. The van der Waals surface area contributed by atoms with E-state index in [1.54, 1.807) is 12.4 Å². The molecule has 0 aliphatic carbocycles. The summed E-state index contributed by atoms with van der Waals surface area (Å²) in [5, 5.41) is 3.26. The predicted molar refractivity (Wildman–Crippen MR) is 71.2 cm³/mol. The van der Waals surface area contributed by atoms with Crippen LogP contribution in [0, 0.1) is 0 Å². The van der Waals surface area contributed by atoms with Crippen LogP contribution in [0.5, 0.6) is 0 Å². The van der Waals surface area contributed by atoms with E-state index in [1.165, 1.54) is 12.0 Å². The lowest BCUT2D eigenvalue weighted by Gasteiger charge is -2.32. The minimum atomic E-state index is 0.270. The van der Waals surface area contributed by atoms with Crippen LogP contribution in [0.3, 0.4) is 0 Å². The van der Waals surface area contributed by atoms with Crippen molar-refractivity contribution in [1.29, 1.82) is 0 Å². The second-order valence-electron chi connectivity index (χ2n) is 4.82. The molecule has 1 aliphatic heterocycles. The number of carbonyl (C=O) groups is 1. The van der Waals surface area contributed by atoms with Crippen LogP contribution in [0.2, 0.25) is 0 Å². The zero-order valence-corrected chi connectivity index (χ0v) is 10.9. The molecule has 98 valence electrons. The Kier molecular flexibility index (Phi) is 4.70. The number of rotatable bonds is 4. The minimum Gasteiger partial charge on any atom is -0.341 e. The molecular formula is C14H21N3O. The summed E-state index contributed by atoms with van der Waals surface area (Å²) in [4.78, 5) is 18.1. The number of hydrogen-bond acceptors (Lipinski definition) is 3. The number of piperidine rings is 1.